The van der Waals surface area contributed by atoms with Gasteiger partial charge < -0.3 is 10.1 Å². The van der Waals surface area contributed by atoms with Gasteiger partial charge in [0, 0.05) is 16.1 Å². The Hall–Kier alpha value is -2.83. The first-order valence-electron chi connectivity index (χ1n) is 8.25. The minimum atomic E-state index is -0.150. The van der Waals surface area contributed by atoms with Crippen molar-refractivity contribution in [1.29, 1.82) is 0 Å². The van der Waals surface area contributed by atoms with E-state index in [-0.39, 0.29) is 5.91 Å². The second-order valence-corrected chi connectivity index (χ2v) is 7.45. The van der Waals surface area contributed by atoms with Crippen LogP contribution in [0.2, 0.25) is 5.02 Å². The normalized spacial score (nSPS) is 10.9. The van der Waals surface area contributed by atoms with Gasteiger partial charge in [0.25, 0.3) is 5.91 Å². The molecule has 0 unspecified atom stereocenters. The monoisotopic (exact) mass is 397 g/mol. The molecule has 7 heteroatoms. The molecule has 27 heavy (non-hydrogen) atoms. The summed E-state index contributed by atoms with van der Waals surface area (Å²) in [6, 6.07) is 16.6. The van der Waals surface area contributed by atoms with E-state index in [1.165, 1.54) is 11.3 Å². The Morgan fingerprint density at radius 2 is 1.85 bits per heavy atom. The van der Waals surface area contributed by atoms with Crippen molar-refractivity contribution in [2.24, 2.45) is 0 Å². The molecule has 0 bridgehead atoms. The summed E-state index contributed by atoms with van der Waals surface area (Å²) in [4.78, 5) is 14.2. The number of hydrogen-bond acceptors (Lipinski definition) is 4. The van der Waals surface area contributed by atoms with Gasteiger partial charge in [-0.1, -0.05) is 11.6 Å². The molecule has 136 valence electrons. The van der Waals surface area contributed by atoms with Gasteiger partial charge in [-0.05, 0) is 61.5 Å². The summed E-state index contributed by atoms with van der Waals surface area (Å²) >= 11 is 7.39. The van der Waals surface area contributed by atoms with Crippen molar-refractivity contribution in [3.05, 3.63) is 70.2 Å². The predicted molar refractivity (Wildman–Crippen MR) is 110 cm³/mol. The summed E-state index contributed by atoms with van der Waals surface area (Å²) in [5, 5.41) is 9.15. The van der Waals surface area contributed by atoms with E-state index in [0.717, 1.165) is 27.3 Å². The summed E-state index contributed by atoms with van der Waals surface area (Å²) in [6.45, 7) is 1.94. The number of thiophene rings is 1. The first kappa shape index (κ1) is 17.6. The molecule has 0 radical (unpaired) electrons. The number of nitrogens with one attached hydrogen (secondary N) is 1. The SMILES string of the molecule is COc1ccc(NC(=O)c2cc3c(C)nn(-c4ccc(Cl)cc4)c3s2)cc1. The van der Waals surface area contributed by atoms with E-state index in [1.54, 1.807) is 7.11 Å². The molecule has 0 aliphatic rings. The molecule has 2 heterocycles. The van der Waals surface area contributed by atoms with E-state index < -0.39 is 0 Å². The van der Waals surface area contributed by atoms with E-state index in [1.807, 2.05) is 66.2 Å². The van der Waals surface area contributed by atoms with Crippen LogP contribution in [-0.2, 0) is 0 Å². The van der Waals surface area contributed by atoms with Crippen molar-refractivity contribution >= 4 is 44.7 Å². The summed E-state index contributed by atoms with van der Waals surface area (Å²) in [6.07, 6.45) is 0. The van der Waals surface area contributed by atoms with Crippen molar-refractivity contribution in [3.63, 3.8) is 0 Å². The maximum Gasteiger partial charge on any atom is 0.265 e. The number of aromatic nitrogens is 2. The predicted octanol–water partition coefficient (Wildman–Crippen LogP) is 5.31. The van der Waals surface area contributed by atoms with Gasteiger partial charge in [0.05, 0.1) is 23.4 Å². The number of fused-ring (bicyclic) bond motifs is 1. The van der Waals surface area contributed by atoms with Crippen LogP contribution in [0.15, 0.2) is 54.6 Å². The number of hydrogen-bond donors (Lipinski definition) is 1. The Labute approximate surface area is 165 Å². The van der Waals surface area contributed by atoms with Crippen LogP contribution in [0.3, 0.4) is 0 Å². The fraction of sp³-hybridized carbons (Fsp3) is 0.100. The lowest BCUT2D eigenvalue weighted by atomic mass is 10.2. The van der Waals surface area contributed by atoms with Gasteiger partial charge in [0.1, 0.15) is 10.6 Å². The van der Waals surface area contributed by atoms with Crippen LogP contribution < -0.4 is 10.1 Å². The zero-order valence-electron chi connectivity index (χ0n) is 14.7. The molecule has 2 aromatic heterocycles. The number of halogens is 1. The Morgan fingerprint density at radius 1 is 1.15 bits per heavy atom. The smallest absolute Gasteiger partial charge is 0.265 e. The number of benzene rings is 2. The molecule has 0 spiro atoms. The molecule has 1 N–H and O–H groups in total. The minimum absolute atomic E-state index is 0.150. The van der Waals surface area contributed by atoms with Gasteiger partial charge in [-0.2, -0.15) is 5.10 Å². The van der Waals surface area contributed by atoms with Crippen LogP contribution in [0, 0.1) is 6.92 Å². The Bertz CT molecular complexity index is 1110. The van der Waals surface area contributed by atoms with Crippen molar-refractivity contribution in [2.75, 3.05) is 12.4 Å². The lowest BCUT2D eigenvalue weighted by Gasteiger charge is -2.05. The van der Waals surface area contributed by atoms with Gasteiger partial charge in [-0.25, -0.2) is 4.68 Å². The third kappa shape index (κ3) is 3.41. The van der Waals surface area contributed by atoms with E-state index in [9.17, 15) is 4.79 Å². The van der Waals surface area contributed by atoms with E-state index in [2.05, 4.69) is 10.4 Å². The number of anilines is 1. The number of amides is 1. The number of nitrogens with zero attached hydrogens (tertiary/aromatic N) is 2. The number of carbonyl (C=O) groups excluding carboxylic acids is 1. The summed E-state index contributed by atoms with van der Waals surface area (Å²) < 4.78 is 6.98. The van der Waals surface area contributed by atoms with E-state index in [4.69, 9.17) is 16.3 Å². The van der Waals surface area contributed by atoms with Crippen LogP contribution in [0.4, 0.5) is 5.69 Å². The second-order valence-electron chi connectivity index (χ2n) is 5.99. The van der Waals surface area contributed by atoms with Crippen LogP contribution in [0.5, 0.6) is 5.75 Å². The number of carbonyl (C=O) groups is 1. The molecule has 0 aliphatic heterocycles. The number of aryl methyl sites for hydroxylation is 1. The fourth-order valence-electron chi connectivity index (χ4n) is 2.78. The molecule has 1 amide bonds. The summed E-state index contributed by atoms with van der Waals surface area (Å²) in [5.74, 6) is 0.594. The number of ether oxygens (including phenoxy) is 1. The molecule has 4 rings (SSSR count). The molecular weight excluding hydrogens is 382 g/mol. The lowest BCUT2D eigenvalue weighted by Crippen LogP contribution is -2.10. The third-order valence-corrected chi connectivity index (χ3v) is 5.55. The van der Waals surface area contributed by atoms with E-state index >= 15 is 0 Å². The quantitative estimate of drug-likeness (QED) is 0.507. The van der Waals surface area contributed by atoms with E-state index in [0.29, 0.717) is 15.6 Å². The molecule has 0 fully saturated rings. The Balaban J connectivity index is 1.65. The zero-order valence-corrected chi connectivity index (χ0v) is 16.3. The summed E-state index contributed by atoms with van der Waals surface area (Å²) in [7, 11) is 1.61. The number of rotatable bonds is 4. The Morgan fingerprint density at radius 3 is 2.52 bits per heavy atom. The van der Waals surface area contributed by atoms with Gasteiger partial charge >= 0.3 is 0 Å². The van der Waals surface area contributed by atoms with Gasteiger partial charge in [-0.15, -0.1) is 11.3 Å². The molecule has 4 aromatic rings. The van der Waals surface area contributed by atoms with Gasteiger partial charge in [0.15, 0.2) is 0 Å². The maximum atomic E-state index is 12.7. The highest BCUT2D eigenvalue weighted by atomic mass is 35.5. The molecule has 0 saturated carbocycles. The van der Waals surface area contributed by atoms with Gasteiger partial charge in [0.2, 0.25) is 0 Å². The fourth-order valence-corrected chi connectivity index (χ4v) is 3.99. The van der Waals surface area contributed by atoms with Crippen LogP contribution in [-0.4, -0.2) is 22.8 Å². The lowest BCUT2D eigenvalue weighted by molar-refractivity contribution is 0.103. The summed E-state index contributed by atoms with van der Waals surface area (Å²) in [5.41, 5.74) is 2.50. The first-order valence-corrected chi connectivity index (χ1v) is 9.45. The van der Waals surface area contributed by atoms with Crippen molar-refractivity contribution in [1.82, 2.24) is 9.78 Å². The zero-order chi connectivity index (χ0) is 19.0. The standard InChI is InChI=1S/C20H16ClN3O2S/c1-12-17-11-18(19(25)22-14-5-9-16(26-2)10-6-14)27-20(17)24(23-12)15-7-3-13(21)4-8-15/h3-11H,1-2H3,(H,22,25). The largest absolute Gasteiger partial charge is 0.497 e. The van der Waals surface area contributed by atoms with Crippen molar-refractivity contribution < 1.29 is 9.53 Å². The first-order chi connectivity index (χ1) is 13.0. The second kappa shape index (κ2) is 7.06. The molecule has 0 aliphatic carbocycles. The molecule has 5 nitrogen and oxygen atoms in total. The number of methoxy groups -OCH3 is 1. The van der Waals surface area contributed by atoms with Gasteiger partial charge in [-0.3, -0.25) is 4.79 Å². The van der Waals surface area contributed by atoms with Crippen LogP contribution in [0.1, 0.15) is 15.4 Å². The topological polar surface area (TPSA) is 56.1 Å². The third-order valence-electron chi connectivity index (χ3n) is 4.19. The highest BCUT2D eigenvalue weighted by Gasteiger charge is 2.17. The Kier molecular flexibility index (Phi) is 4.59. The van der Waals surface area contributed by atoms with Crippen molar-refractivity contribution in [2.45, 2.75) is 6.92 Å². The van der Waals surface area contributed by atoms with Crippen molar-refractivity contribution in [3.8, 4) is 11.4 Å². The van der Waals surface area contributed by atoms with Crippen LogP contribution in [0.25, 0.3) is 15.9 Å². The average molecular weight is 398 g/mol. The highest BCUT2D eigenvalue weighted by Crippen LogP contribution is 2.31. The molecular formula is C20H16ClN3O2S. The molecule has 2 aromatic carbocycles. The average Bonchev–Trinajstić information content (AvgIpc) is 3.24. The molecule has 0 atom stereocenters. The molecule has 0 saturated heterocycles. The maximum absolute atomic E-state index is 12.7. The van der Waals surface area contributed by atoms with Crippen LogP contribution >= 0.6 is 22.9 Å². The highest BCUT2D eigenvalue weighted by molar-refractivity contribution is 7.20. The minimum Gasteiger partial charge on any atom is -0.497 e.